The van der Waals surface area contributed by atoms with Crippen LogP contribution in [0, 0.1) is 5.82 Å². The minimum Gasteiger partial charge on any atom is -0.482 e. The van der Waals surface area contributed by atoms with Crippen molar-refractivity contribution in [1.82, 2.24) is 10.2 Å². The highest BCUT2D eigenvalue weighted by Crippen LogP contribution is 2.33. The van der Waals surface area contributed by atoms with E-state index in [1.165, 1.54) is 36.4 Å². The molecule has 1 atom stereocenters. The first-order chi connectivity index (χ1) is 14.3. The van der Waals surface area contributed by atoms with Gasteiger partial charge in [-0.2, -0.15) is 0 Å². The van der Waals surface area contributed by atoms with Crippen molar-refractivity contribution in [2.24, 2.45) is 0 Å². The Balaban J connectivity index is 1.57. The zero-order valence-corrected chi connectivity index (χ0v) is 16.0. The number of carbonyl (C=O) groups is 4. The lowest BCUT2D eigenvalue weighted by Gasteiger charge is -2.25. The van der Waals surface area contributed by atoms with Gasteiger partial charge in [0.05, 0.1) is 12.2 Å². The van der Waals surface area contributed by atoms with Crippen LogP contribution >= 0.6 is 0 Å². The Hall–Kier alpha value is -3.75. The molecule has 9 heteroatoms. The molecule has 0 aliphatic carbocycles. The Kier molecular flexibility index (Phi) is 4.73. The van der Waals surface area contributed by atoms with Crippen LogP contribution in [0.15, 0.2) is 42.5 Å². The molecule has 8 nitrogen and oxygen atoms in total. The summed E-state index contributed by atoms with van der Waals surface area (Å²) in [7, 11) is 0. The number of amides is 4. The fraction of sp³-hybridized carbons (Fsp3) is 0.238. The van der Waals surface area contributed by atoms with Crippen LogP contribution in [0.1, 0.15) is 29.3 Å². The largest absolute Gasteiger partial charge is 0.482 e. The highest BCUT2D eigenvalue weighted by atomic mass is 19.1. The average molecular weight is 411 g/mol. The van der Waals surface area contributed by atoms with E-state index in [2.05, 4.69) is 10.6 Å². The van der Waals surface area contributed by atoms with Crippen LogP contribution in [0.25, 0.3) is 0 Å². The van der Waals surface area contributed by atoms with Crippen molar-refractivity contribution in [2.75, 3.05) is 18.5 Å². The van der Waals surface area contributed by atoms with Crippen molar-refractivity contribution in [2.45, 2.75) is 18.9 Å². The van der Waals surface area contributed by atoms with E-state index in [4.69, 9.17) is 4.74 Å². The van der Waals surface area contributed by atoms with Crippen LogP contribution in [-0.2, 0) is 15.1 Å². The van der Waals surface area contributed by atoms with E-state index in [1.54, 1.807) is 13.0 Å². The van der Waals surface area contributed by atoms with Crippen LogP contribution in [0.5, 0.6) is 5.75 Å². The van der Waals surface area contributed by atoms with Crippen LogP contribution in [0.2, 0.25) is 0 Å². The molecule has 2 aromatic rings. The molecular formula is C21H18FN3O5. The van der Waals surface area contributed by atoms with Crippen molar-refractivity contribution in [3.05, 3.63) is 59.4 Å². The van der Waals surface area contributed by atoms with E-state index in [-0.39, 0.29) is 24.5 Å². The third kappa shape index (κ3) is 3.18. The van der Waals surface area contributed by atoms with Crippen molar-refractivity contribution < 1.29 is 28.3 Å². The Morgan fingerprint density at radius 2 is 1.90 bits per heavy atom. The van der Waals surface area contributed by atoms with Gasteiger partial charge in [-0.1, -0.05) is 19.1 Å². The van der Waals surface area contributed by atoms with E-state index in [9.17, 15) is 23.6 Å². The number of hydrogen-bond donors (Lipinski definition) is 2. The van der Waals surface area contributed by atoms with Crippen molar-refractivity contribution >= 4 is 29.3 Å². The zero-order chi connectivity index (χ0) is 21.5. The number of carbonyl (C=O) groups excluding carboxylic acids is 4. The van der Waals surface area contributed by atoms with Crippen LogP contribution in [0.3, 0.4) is 0 Å². The number of rotatable bonds is 5. The Bertz CT molecular complexity index is 1070. The smallest absolute Gasteiger partial charge is 0.325 e. The molecule has 2 aliphatic heterocycles. The van der Waals surface area contributed by atoms with Crippen molar-refractivity contribution in [1.29, 1.82) is 0 Å². The molecule has 30 heavy (non-hydrogen) atoms. The van der Waals surface area contributed by atoms with E-state index >= 15 is 0 Å². The molecule has 2 aliphatic rings. The number of imide groups is 1. The normalized spacial score (nSPS) is 20.3. The van der Waals surface area contributed by atoms with E-state index < -0.39 is 35.6 Å². The summed E-state index contributed by atoms with van der Waals surface area (Å²) in [5, 5.41) is 5.26. The quantitative estimate of drug-likeness (QED) is 0.580. The van der Waals surface area contributed by atoms with Crippen LogP contribution < -0.4 is 15.4 Å². The molecule has 1 unspecified atom stereocenters. The number of Topliss-reactive ketones (excluding diaryl/α,β-unsaturated/α-hetero) is 1. The van der Waals surface area contributed by atoms with Gasteiger partial charge in [0.1, 0.15) is 17.1 Å². The minimum atomic E-state index is -1.36. The molecule has 2 heterocycles. The number of ether oxygens (including phenoxy) is 1. The van der Waals surface area contributed by atoms with Gasteiger partial charge in [0.25, 0.3) is 11.8 Å². The molecule has 1 fully saturated rings. The molecule has 2 aromatic carbocycles. The first kappa shape index (κ1) is 19.6. The van der Waals surface area contributed by atoms with Gasteiger partial charge in [-0.3, -0.25) is 19.3 Å². The number of nitrogens with one attached hydrogen (secondary N) is 2. The fourth-order valence-corrected chi connectivity index (χ4v) is 3.63. The van der Waals surface area contributed by atoms with Gasteiger partial charge in [-0.25, -0.2) is 9.18 Å². The summed E-state index contributed by atoms with van der Waals surface area (Å²) >= 11 is 0. The maximum Gasteiger partial charge on any atom is 0.325 e. The highest BCUT2D eigenvalue weighted by Gasteiger charge is 2.51. The number of halogens is 1. The summed E-state index contributed by atoms with van der Waals surface area (Å²) in [6.45, 7) is 1.14. The lowest BCUT2D eigenvalue weighted by atomic mass is 9.87. The first-order valence-electron chi connectivity index (χ1n) is 9.34. The maximum absolute atomic E-state index is 13.3. The highest BCUT2D eigenvalue weighted by molar-refractivity contribution is 6.11. The third-order valence-electron chi connectivity index (χ3n) is 5.28. The Morgan fingerprint density at radius 1 is 1.17 bits per heavy atom. The van der Waals surface area contributed by atoms with Crippen LogP contribution in [-0.4, -0.2) is 41.7 Å². The second kappa shape index (κ2) is 7.25. The molecule has 0 radical (unpaired) electrons. The van der Waals surface area contributed by atoms with Gasteiger partial charge in [0.15, 0.2) is 12.4 Å². The molecule has 154 valence electrons. The number of benzene rings is 2. The van der Waals surface area contributed by atoms with Gasteiger partial charge in [-0.15, -0.1) is 0 Å². The number of ketones is 1. The Labute approximate surface area is 171 Å². The topological polar surface area (TPSA) is 105 Å². The summed E-state index contributed by atoms with van der Waals surface area (Å²) in [6, 6.07) is 9.09. The minimum absolute atomic E-state index is 0.106. The van der Waals surface area contributed by atoms with Crippen LogP contribution in [0.4, 0.5) is 14.9 Å². The molecule has 0 saturated carbocycles. The SMILES string of the molecule is CCC1(c2ccc(F)cc2)NC(=O)N(CC(=O)c2ccc3c(c2)NC(=O)CO3)C1=O. The summed E-state index contributed by atoms with van der Waals surface area (Å²) in [4.78, 5) is 50.7. The third-order valence-corrected chi connectivity index (χ3v) is 5.28. The maximum atomic E-state index is 13.3. The standard InChI is InChI=1S/C21H18FN3O5/c1-2-21(13-4-6-14(22)7-5-13)19(28)25(20(29)24-21)10-16(26)12-3-8-17-15(9-12)23-18(27)11-30-17/h3-9H,2,10-11H2,1H3,(H,23,27)(H,24,29). The number of fused-ring (bicyclic) bond motifs is 1. The monoisotopic (exact) mass is 411 g/mol. The molecule has 1 saturated heterocycles. The molecule has 0 bridgehead atoms. The zero-order valence-electron chi connectivity index (χ0n) is 16.0. The number of nitrogens with zero attached hydrogens (tertiary/aromatic N) is 1. The number of urea groups is 1. The van der Waals surface area contributed by atoms with E-state index in [0.29, 0.717) is 17.0 Å². The molecule has 0 spiro atoms. The molecular weight excluding hydrogens is 393 g/mol. The van der Waals surface area contributed by atoms with Gasteiger partial charge in [-0.05, 0) is 42.3 Å². The first-order valence-corrected chi connectivity index (χ1v) is 9.34. The predicted molar refractivity (Wildman–Crippen MR) is 104 cm³/mol. The lowest BCUT2D eigenvalue weighted by Crippen LogP contribution is -2.43. The molecule has 4 rings (SSSR count). The van der Waals surface area contributed by atoms with Gasteiger partial charge in [0, 0.05) is 5.56 Å². The van der Waals surface area contributed by atoms with Gasteiger partial charge in [0.2, 0.25) is 0 Å². The molecule has 0 aromatic heterocycles. The molecule has 2 N–H and O–H groups in total. The van der Waals surface area contributed by atoms with Gasteiger partial charge < -0.3 is 15.4 Å². The van der Waals surface area contributed by atoms with Crippen molar-refractivity contribution in [3.63, 3.8) is 0 Å². The summed E-state index contributed by atoms with van der Waals surface area (Å²) < 4.78 is 18.6. The lowest BCUT2D eigenvalue weighted by molar-refractivity contribution is -0.131. The summed E-state index contributed by atoms with van der Waals surface area (Å²) in [6.07, 6.45) is 0.232. The Morgan fingerprint density at radius 3 is 2.60 bits per heavy atom. The second-order valence-corrected chi connectivity index (χ2v) is 7.06. The predicted octanol–water partition coefficient (Wildman–Crippen LogP) is 2.20. The summed E-state index contributed by atoms with van der Waals surface area (Å²) in [5.74, 6) is -1.43. The second-order valence-electron chi connectivity index (χ2n) is 7.06. The van der Waals surface area contributed by atoms with Crippen molar-refractivity contribution in [3.8, 4) is 5.75 Å². The van der Waals surface area contributed by atoms with E-state index in [1.807, 2.05) is 0 Å². The fourth-order valence-electron chi connectivity index (χ4n) is 3.63. The summed E-state index contributed by atoms with van der Waals surface area (Å²) in [5.41, 5.74) is -0.351. The molecule has 4 amide bonds. The average Bonchev–Trinajstić information content (AvgIpc) is 2.98. The van der Waals surface area contributed by atoms with Gasteiger partial charge >= 0.3 is 6.03 Å². The number of anilines is 1. The van der Waals surface area contributed by atoms with E-state index in [0.717, 1.165) is 4.90 Å². The number of hydrogen-bond acceptors (Lipinski definition) is 5.